The highest BCUT2D eigenvalue weighted by Crippen LogP contribution is 2.31. The van der Waals surface area contributed by atoms with Crippen molar-refractivity contribution < 1.29 is 19.4 Å². The SMILES string of the molecule is CCC1OCCC1CNC(=O)CC(CC)(CC)C(=O)O. The zero-order valence-electron chi connectivity index (χ0n) is 12.8. The van der Waals surface area contributed by atoms with E-state index in [0.29, 0.717) is 25.3 Å². The monoisotopic (exact) mass is 285 g/mol. The maximum Gasteiger partial charge on any atom is 0.310 e. The molecule has 2 atom stereocenters. The minimum absolute atomic E-state index is 0.0553. The van der Waals surface area contributed by atoms with Gasteiger partial charge in [-0.1, -0.05) is 20.8 Å². The van der Waals surface area contributed by atoms with Crippen molar-refractivity contribution in [2.24, 2.45) is 11.3 Å². The Labute approximate surface area is 121 Å². The number of carbonyl (C=O) groups is 2. The van der Waals surface area contributed by atoms with Crippen molar-refractivity contribution in [3.63, 3.8) is 0 Å². The molecule has 1 fully saturated rings. The molecule has 0 aliphatic carbocycles. The molecular weight excluding hydrogens is 258 g/mol. The van der Waals surface area contributed by atoms with Gasteiger partial charge < -0.3 is 15.2 Å². The van der Waals surface area contributed by atoms with Gasteiger partial charge in [0.15, 0.2) is 0 Å². The smallest absolute Gasteiger partial charge is 0.310 e. The highest BCUT2D eigenvalue weighted by atomic mass is 16.5. The Morgan fingerprint density at radius 2 is 1.95 bits per heavy atom. The van der Waals surface area contributed by atoms with E-state index in [-0.39, 0.29) is 18.4 Å². The number of nitrogens with one attached hydrogen (secondary N) is 1. The lowest BCUT2D eigenvalue weighted by molar-refractivity contribution is -0.152. The van der Waals surface area contributed by atoms with Gasteiger partial charge in [-0.15, -0.1) is 0 Å². The van der Waals surface area contributed by atoms with E-state index in [4.69, 9.17) is 4.74 Å². The zero-order valence-corrected chi connectivity index (χ0v) is 12.8. The van der Waals surface area contributed by atoms with Crippen LogP contribution < -0.4 is 5.32 Å². The fraction of sp³-hybridized carbons (Fsp3) is 0.867. The maximum atomic E-state index is 12.0. The molecule has 1 aliphatic heterocycles. The van der Waals surface area contributed by atoms with Crippen molar-refractivity contribution in [3.05, 3.63) is 0 Å². The number of rotatable bonds is 8. The Kier molecular flexibility index (Phi) is 6.46. The van der Waals surface area contributed by atoms with Gasteiger partial charge in [-0.05, 0) is 25.7 Å². The van der Waals surface area contributed by atoms with Crippen molar-refractivity contribution >= 4 is 11.9 Å². The Morgan fingerprint density at radius 1 is 1.30 bits per heavy atom. The number of amides is 1. The molecule has 1 amide bonds. The van der Waals surface area contributed by atoms with Gasteiger partial charge in [-0.25, -0.2) is 0 Å². The lowest BCUT2D eigenvalue weighted by atomic mass is 9.79. The molecule has 0 aromatic carbocycles. The average molecular weight is 285 g/mol. The van der Waals surface area contributed by atoms with Gasteiger partial charge in [0.2, 0.25) is 5.91 Å². The lowest BCUT2D eigenvalue weighted by Crippen LogP contribution is -2.39. The Morgan fingerprint density at radius 3 is 2.45 bits per heavy atom. The predicted octanol–water partition coefficient (Wildman–Crippen LogP) is 2.20. The number of ether oxygens (including phenoxy) is 1. The molecule has 0 spiro atoms. The van der Waals surface area contributed by atoms with Crippen molar-refractivity contribution in [2.75, 3.05) is 13.2 Å². The second kappa shape index (κ2) is 7.62. The van der Waals surface area contributed by atoms with Gasteiger partial charge in [0.05, 0.1) is 11.5 Å². The summed E-state index contributed by atoms with van der Waals surface area (Å²) < 4.78 is 5.58. The van der Waals surface area contributed by atoms with Crippen LogP contribution in [-0.2, 0) is 14.3 Å². The third-order valence-electron chi connectivity index (χ3n) is 4.62. The van der Waals surface area contributed by atoms with Crippen LogP contribution in [0, 0.1) is 11.3 Å². The maximum absolute atomic E-state index is 12.0. The molecule has 2 N–H and O–H groups in total. The van der Waals surface area contributed by atoms with E-state index in [9.17, 15) is 14.7 Å². The molecule has 1 saturated heterocycles. The largest absolute Gasteiger partial charge is 0.481 e. The molecular formula is C15H27NO4. The summed E-state index contributed by atoms with van der Waals surface area (Å²) in [6.45, 7) is 7.06. The van der Waals surface area contributed by atoms with Crippen LogP contribution in [0.5, 0.6) is 0 Å². The molecule has 116 valence electrons. The lowest BCUT2D eigenvalue weighted by Gasteiger charge is -2.26. The van der Waals surface area contributed by atoms with Gasteiger partial charge >= 0.3 is 5.97 Å². The number of carboxylic acids is 1. The normalized spacial score (nSPS) is 22.8. The van der Waals surface area contributed by atoms with Gasteiger partial charge in [0.25, 0.3) is 0 Å². The fourth-order valence-electron chi connectivity index (χ4n) is 2.87. The van der Waals surface area contributed by atoms with Gasteiger partial charge in [-0.2, -0.15) is 0 Å². The summed E-state index contributed by atoms with van der Waals surface area (Å²) >= 11 is 0. The highest BCUT2D eigenvalue weighted by Gasteiger charge is 2.37. The predicted molar refractivity (Wildman–Crippen MR) is 76.4 cm³/mol. The molecule has 0 aromatic rings. The Bertz CT molecular complexity index is 339. The Hall–Kier alpha value is -1.10. The molecule has 2 unspecified atom stereocenters. The van der Waals surface area contributed by atoms with Gasteiger partial charge in [0, 0.05) is 25.5 Å². The van der Waals surface area contributed by atoms with E-state index >= 15 is 0 Å². The molecule has 20 heavy (non-hydrogen) atoms. The summed E-state index contributed by atoms with van der Waals surface area (Å²) in [5, 5.41) is 12.2. The van der Waals surface area contributed by atoms with Crippen LogP contribution in [0.3, 0.4) is 0 Å². The molecule has 0 radical (unpaired) electrons. The molecule has 1 rings (SSSR count). The van der Waals surface area contributed by atoms with Crippen LogP contribution in [0.4, 0.5) is 0 Å². The number of hydrogen-bond donors (Lipinski definition) is 2. The molecule has 0 bridgehead atoms. The van der Waals surface area contributed by atoms with Crippen molar-refractivity contribution in [2.45, 2.75) is 59.0 Å². The summed E-state index contributed by atoms with van der Waals surface area (Å²) in [5.41, 5.74) is -0.930. The Balaban J connectivity index is 2.48. The quantitative estimate of drug-likeness (QED) is 0.717. The second-order valence-corrected chi connectivity index (χ2v) is 5.64. The first-order valence-electron chi connectivity index (χ1n) is 7.60. The van der Waals surface area contributed by atoms with Crippen molar-refractivity contribution in [1.29, 1.82) is 0 Å². The minimum atomic E-state index is -0.930. The topological polar surface area (TPSA) is 75.6 Å². The molecule has 0 saturated carbocycles. The van der Waals surface area contributed by atoms with Crippen molar-refractivity contribution in [1.82, 2.24) is 5.32 Å². The van der Waals surface area contributed by atoms with Crippen molar-refractivity contribution in [3.8, 4) is 0 Å². The van der Waals surface area contributed by atoms with Crippen LogP contribution in [-0.4, -0.2) is 36.2 Å². The molecule has 5 nitrogen and oxygen atoms in total. The summed E-state index contributed by atoms with van der Waals surface area (Å²) in [5.74, 6) is -0.697. The molecule has 1 aliphatic rings. The number of aliphatic carboxylic acids is 1. The van der Waals surface area contributed by atoms with Crippen LogP contribution in [0.15, 0.2) is 0 Å². The molecule has 0 aromatic heterocycles. The molecule has 5 heteroatoms. The first-order valence-corrected chi connectivity index (χ1v) is 7.60. The summed E-state index contributed by atoms with van der Waals surface area (Å²) in [7, 11) is 0. The van der Waals surface area contributed by atoms with Gasteiger partial charge in [0.1, 0.15) is 0 Å². The van der Waals surface area contributed by atoms with Crippen LogP contribution in [0.2, 0.25) is 0 Å². The highest BCUT2D eigenvalue weighted by molar-refractivity contribution is 5.84. The summed E-state index contributed by atoms with van der Waals surface area (Å²) in [4.78, 5) is 23.4. The van der Waals surface area contributed by atoms with E-state index in [1.54, 1.807) is 0 Å². The first kappa shape index (κ1) is 17.0. The van der Waals surface area contributed by atoms with E-state index in [2.05, 4.69) is 12.2 Å². The average Bonchev–Trinajstić information content (AvgIpc) is 2.89. The van der Waals surface area contributed by atoms with Gasteiger partial charge in [-0.3, -0.25) is 9.59 Å². The second-order valence-electron chi connectivity index (χ2n) is 5.64. The number of carbonyl (C=O) groups excluding carboxylic acids is 1. The fourth-order valence-corrected chi connectivity index (χ4v) is 2.87. The first-order chi connectivity index (χ1) is 9.49. The number of hydrogen-bond acceptors (Lipinski definition) is 3. The summed E-state index contributed by atoms with van der Waals surface area (Å²) in [6.07, 6.45) is 3.12. The van der Waals surface area contributed by atoms with Crippen LogP contribution in [0.25, 0.3) is 0 Å². The standard InChI is InChI=1S/C15H27NO4/c1-4-12-11(7-8-20-12)10-16-13(17)9-15(5-2,6-3)14(18)19/h11-12H,4-10H2,1-3H3,(H,16,17)(H,18,19). The van der Waals surface area contributed by atoms with Crippen LogP contribution >= 0.6 is 0 Å². The number of carboxylic acid groups (broad SMARTS) is 1. The third-order valence-corrected chi connectivity index (χ3v) is 4.62. The minimum Gasteiger partial charge on any atom is -0.481 e. The van der Waals surface area contributed by atoms with Crippen LogP contribution in [0.1, 0.15) is 52.9 Å². The van der Waals surface area contributed by atoms with E-state index in [0.717, 1.165) is 19.4 Å². The summed E-state index contributed by atoms with van der Waals surface area (Å²) in [6, 6.07) is 0. The molecule has 1 heterocycles. The van der Waals surface area contributed by atoms with E-state index < -0.39 is 11.4 Å². The van der Waals surface area contributed by atoms with E-state index in [1.807, 2.05) is 13.8 Å². The van der Waals surface area contributed by atoms with E-state index in [1.165, 1.54) is 0 Å². The third kappa shape index (κ3) is 3.95. The zero-order chi connectivity index (χ0) is 15.2.